The van der Waals surface area contributed by atoms with Crippen molar-refractivity contribution in [2.75, 3.05) is 13.7 Å². The van der Waals surface area contributed by atoms with Crippen LogP contribution in [-0.4, -0.2) is 30.8 Å². The Balaban J connectivity index is 2.63. The molecule has 2 N–H and O–H groups in total. The van der Waals surface area contributed by atoms with Gasteiger partial charge in [-0.25, -0.2) is 0 Å². The fourth-order valence-corrected chi connectivity index (χ4v) is 1.44. The van der Waals surface area contributed by atoms with Crippen LogP contribution in [0.25, 0.3) is 0 Å². The van der Waals surface area contributed by atoms with Crippen LogP contribution in [-0.2, 0) is 11.2 Å². The first-order valence-electron chi connectivity index (χ1n) is 5.29. The molecule has 0 heterocycles. The lowest BCUT2D eigenvalue weighted by molar-refractivity contribution is -0.139. The van der Waals surface area contributed by atoms with Crippen LogP contribution in [0.2, 0.25) is 0 Å². The van der Waals surface area contributed by atoms with Crippen LogP contribution in [0.1, 0.15) is 12.5 Å². The van der Waals surface area contributed by atoms with E-state index in [0.29, 0.717) is 13.0 Å². The minimum absolute atomic E-state index is 0.470. The number of likely N-dealkylation sites (N-methyl/N-ethyl adjacent to an activating group) is 1. The summed E-state index contributed by atoms with van der Waals surface area (Å²) in [5, 5.41) is 11.6. The number of carboxylic acids is 1. The molecular weight excluding hydrogens is 206 g/mol. The summed E-state index contributed by atoms with van der Waals surface area (Å²) in [6.45, 7) is 2.56. The van der Waals surface area contributed by atoms with Crippen LogP contribution in [0.5, 0.6) is 5.75 Å². The third-order valence-corrected chi connectivity index (χ3v) is 2.32. The van der Waals surface area contributed by atoms with E-state index in [1.807, 2.05) is 31.2 Å². The molecule has 1 rings (SSSR count). The highest BCUT2D eigenvalue weighted by atomic mass is 16.5. The topological polar surface area (TPSA) is 58.6 Å². The predicted molar refractivity (Wildman–Crippen MR) is 61.8 cm³/mol. The van der Waals surface area contributed by atoms with Crippen molar-refractivity contribution in [3.05, 3.63) is 29.8 Å². The van der Waals surface area contributed by atoms with E-state index in [1.54, 1.807) is 7.05 Å². The quantitative estimate of drug-likeness (QED) is 0.763. The van der Waals surface area contributed by atoms with Gasteiger partial charge in [0.15, 0.2) is 0 Å². The maximum absolute atomic E-state index is 10.8. The van der Waals surface area contributed by atoms with Crippen molar-refractivity contribution < 1.29 is 14.6 Å². The largest absolute Gasteiger partial charge is 0.494 e. The highest BCUT2D eigenvalue weighted by Gasteiger charge is 2.14. The second-order valence-corrected chi connectivity index (χ2v) is 3.46. The number of ether oxygens (including phenoxy) is 1. The normalized spacial score (nSPS) is 12.1. The van der Waals surface area contributed by atoms with E-state index < -0.39 is 12.0 Å². The summed E-state index contributed by atoms with van der Waals surface area (Å²) < 4.78 is 5.31. The Kier molecular flexibility index (Phi) is 4.79. The van der Waals surface area contributed by atoms with Gasteiger partial charge in [0.25, 0.3) is 0 Å². The molecule has 0 saturated heterocycles. The number of hydrogen-bond donors (Lipinski definition) is 2. The van der Waals surface area contributed by atoms with Crippen LogP contribution in [0.4, 0.5) is 0 Å². The Morgan fingerprint density at radius 3 is 2.50 bits per heavy atom. The van der Waals surface area contributed by atoms with E-state index in [4.69, 9.17) is 9.84 Å². The maximum atomic E-state index is 10.8. The van der Waals surface area contributed by atoms with Crippen molar-refractivity contribution in [1.82, 2.24) is 5.32 Å². The zero-order valence-corrected chi connectivity index (χ0v) is 9.56. The molecule has 1 aromatic rings. The smallest absolute Gasteiger partial charge is 0.321 e. The first-order valence-corrected chi connectivity index (χ1v) is 5.29. The average molecular weight is 223 g/mol. The van der Waals surface area contributed by atoms with Gasteiger partial charge in [0.05, 0.1) is 6.61 Å². The number of hydrogen-bond acceptors (Lipinski definition) is 3. The molecule has 88 valence electrons. The molecule has 1 aromatic carbocycles. The van der Waals surface area contributed by atoms with Gasteiger partial charge in [0, 0.05) is 0 Å². The van der Waals surface area contributed by atoms with Crippen LogP contribution < -0.4 is 10.1 Å². The Morgan fingerprint density at radius 2 is 2.06 bits per heavy atom. The minimum atomic E-state index is -0.837. The lowest BCUT2D eigenvalue weighted by atomic mass is 10.1. The molecule has 0 unspecified atom stereocenters. The maximum Gasteiger partial charge on any atom is 0.321 e. The highest BCUT2D eigenvalue weighted by Crippen LogP contribution is 2.13. The van der Waals surface area contributed by atoms with Crippen LogP contribution >= 0.6 is 0 Å². The average Bonchev–Trinajstić information content (AvgIpc) is 2.28. The van der Waals surface area contributed by atoms with Crippen molar-refractivity contribution in [1.29, 1.82) is 0 Å². The van der Waals surface area contributed by atoms with Crippen molar-refractivity contribution in [2.24, 2.45) is 0 Å². The molecule has 0 spiro atoms. The van der Waals surface area contributed by atoms with Crippen LogP contribution in [0.15, 0.2) is 24.3 Å². The number of carboxylic acid groups (broad SMARTS) is 1. The van der Waals surface area contributed by atoms with Crippen molar-refractivity contribution in [3.8, 4) is 5.75 Å². The first-order chi connectivity index (χ1) is 7.67. The Morgan fingerprint density at radius 1 is 1.44 bits per heavy atom. The van der Waals surface area contributed by atoms with Gasteiger partial charge >= 0.3 is 5.97 Å². The summed E-state index contributed by atoms with van der Waals surface area (Å²) in [7, 11) is 1.65. The molecule has 0 aliphatic rings. The van der Waals surface area contributed by atoms with Crippen molar-refractivity contribution in [2.45, 2.75) is 19.4 Å². The number of rotatable bonds is 6. The molecule has 0 amide bonds. The molecule has 0 radical (unpaired) electrons. The summed E-state index contributed by atoms with van der Waals surface area (Å²) in [4.78, 5) is 10.8. The molecule has 0 aromatic heterocycles. The van der Waals surface area contributed by atoms with Gasteiger partial charge < -0.3 is 15.2 Å². The summed E-state index contributed by atoms with van der Waals surface area (Å²) in [5.41, 5.74) is 0.977. The summed E-state index contributed by atoms with van der Waals surface area (Å²) >= 11 is 0. The molecular formula is C12H17NO3. The van der Waals surface area contributed by atoms with Crippen molar-refractivity contribution in [3.63, 3.8) is 0 Å². The fourth-order valence-electron chi connectivity index (χ4n) is 1.44. The van der Waals surface area contributed by atoms with Gasteiger partial charge in [-0.05, 0) is 38.1 Å². The number of carbonyl (C=O) groups is 1. The van der Waals surface area contributed by atoms with E-state index in [0.717, 1.165) is 11.3 Å². The van der Waals surface area contributed by atoms with Gasteiger partial charge in [0.2, 0.25) is 0 Å². The molecule has 4 heteroatoms. The molecule has 0 aliphatic heterocycles. The highest BCUT2D eigenvalue weighted by molar-refractivity contribution is 5.73. The first kappa shape index (κ1) is 12.5. The lowest BCUT2D eigenvalue weighted by Gasteiger charge is -2.11. The molecule has 0 aliphatic carbocycles. The van der Waals surface area contributed by atoms with Gasteiger partial charge in [0.1, 0.15) is 11.8 Å². The van der Waals surface area contributed by atoms with E-state index in [1.165, 1.54) is 0 Å². The SMILES string of the molecule is CCOc1ccc(C[C@@H](NC)C(=O)O)cc1. The molecule has 0 saturated carbocycles. The van der Waals surface area contributed by atoms with E-state index >= 15 is 0 Å². The second-order valence-electron chi connectivity index (χ2n) is 3.46. The molecule has 0 bridgehead atoms. The van der Waals surface area contributed by atoms with Gasteiger partial charge in [-0.2, -0.15) is 0 Å². The molecule has 0 fully saturated rings. The number of nitrogens with one attached hydrogen (secondary N) is 1. The zero-order chi connectivity index (χ0) is 12.0. The third-order valence-electron chi connectivity index (χ3n) is 2.32. The van der Waals surface area contributed by atoms with Crippen LogP contribution in [0, 0.1) is 0 Å². The molecule has 1 atom stereocenters. The van der Waals surface area contributed by atoms with Gasteiger partial charge in [-0.3, -0.25) is 4.79 Å². The lowest BCUT2D eigenvalue weighted by Crippen LogP contribution is -2.35. The Bertz CT molecular complexity index is 335. The van der Waals surface area contributed by atoms with Gasteiger partial charge in [-0.1, -0.05) is 12.1 Å². The summed E-state index contributed by atoms with van der Waals surface area (Å²) in [5.74, 6) is -0.0287. The molecule has 4 nitrogen and oxygen atoms in total. The fraction of sp³-hybridized carbons (Fsp3) is 0.417. The number of benzene rings is 1. The second kappa shape index (κ2) is 6.12. The summed E-state index contributed by atoms with van der Waals surface area (Å²) in [6.07, 6.45) is 0.470. The Hall–Kier alpha value is -1.55. The van der Waals surface area contributed by atoms with Gasteiger partial charge in [-0.15, -0.1) is 0 Å². The van der Waals surface area contributed by atoms with Crippen LogP contribution in [0.3, 0.4) is 0 Å². The monoisotopic (exact) mass is 223 g/mol. The van der Waals surface area contributed by atoms with E-state index in [-0.39, 0.29) is 0 Å². The van der Waals surface area contributed by atoms with Crippen molar-refractivity contribution >= 4 is 5.97 Å². The minimum Gasteiger partial charge on any atom is -0.494 e. The molecule has 16 heavy (non-hydrogen) atoms. The summed E-state index contributed by atoms with van der Waals surface area (Å²) in [6, 6.07) is 6.94. The number of aliphatic carboxylic acids is 1. The standard InChI is InChI=1S/C12H17NO3/c1-3-16-10-6-4-9(5-7-10)8-11(13-2)12(14)15/h4-7,11,13H,3,8H2,1-2H3,(H,14,15)/t11-/m1/s1. The Labute approximate surface area is 95.2 Å². The van der Waals surface area contributed by atoms with E-state index in [2.05, 4.69) is 5.32 Å². The zero-order valence-electron chi connectivity index (χ0n) is 9.56. The third kappa shape index (κ3) is 3.55. The van der Waals surface area contributed by atoms with E-state index in [9.17, 15) is 4.79 Å². The predicted octanol–water partition coefficient (Wildman–Crippen LogP) is 1.30.